The van der Waals surface area contributed by atoms with Gasteiger partial charge in [-0.05, 0) is 48.4 Å². The van der Waals surface area contributed by atoms with Crippen molar-refractivity contribution in [3.8, 4) is 11.5 Å². The van der Waals surface area contributed by atoms with Crippen LogP contribution in [0.1, 0.15) is 18.9 Å². The predicted molar refractivity (Wildman–Crippen MR) is 94.2 cm³/mol. The summed E-state index contributed by atoms with van der Waals surface area (Å²) >= 11 is 0. The summed E-state index contributed by atoms with van der Waals surface area (Å²) in [5, 5.41) is 3.05. The average Bonchev–Trinajstić information content (AvgIpc) is 2.59. The van der Waals surface area contributed by atoms with Crippen LogP contribution < -0.4 is 20.5 Å². The highest BCUT2D eigenvalue weighted by Crippen LogP contribution is 2.16. The fourth-order valence-corrected chi connectivity index (χ4v) is 1.99. The first kappa shape index (κ1) is 16.7. The van der Waals surface area contributed by atoms with Crippen LogP contribution in [-0.4, -0.2) is 19.7 Å². The fourth-order valence-electron chi connectivity index (χ4n) is 1.99. The van der Waals surface area contributed by atoms with Crippen molar-refractivity contribution in [1.82, 2.24) is 0 Å². The number of benzene rings is 2. The number of methoxy groups -OCH3 is 1. The second kappa shape index (κ2) is 8.68. The maximum Gasteiger partial charge on any atom is 0.193 e. The van der Waals surface area contributed by atoms with Gasteiger partial charge in [0.1, 0.15) is 11.5 Å². The summed E-state index contributed by atoms with van der Waals surface area (Å²) in [6.45, 7) is 3.30. The number of hydrogen-bond donors (Lipinski definition) is 2. The molecule has 0 fully saturated rings. The van der Waals surface area contributed by atoms with Crippen LogP contribution in [-0.2, 0) is 6.54 Å². The number of rotatable bonds is 7. The molecule has 2 aromatic carbocycles. The second-order valence-corrected chi connectivity index (χ2v) is 5.05. The smallest absolute Gasteiger partial charge is 0.193 e. The molecule has 0 aromatic heterocycles. The van der Waals surface area contributed by atoms with Crippen molar-refractivity contribution in [2.45, 2.75) is 19.9 Å². The lowest BCUT2D eigenvalue weighted by Crippen LogP contribution is -2.22. The minimum absolute atomic E-state index is 0.370. The molecule has 0 heterocycles. The predicted octanol–water partition coefficient (Wildman–Crippen LogP) is 3.41. The Morgan fingerprint density at radius 1 is 1.13 bits per heavy atom. The quantitative estimate of drug-likeness (QED) is 0.607. The third-order valence-electron chi connectivity index (χ3n) is 3.17. The van der Waals surface area contributed by atoms with Gasteiger partial charge in [0.15, 0.2) is 5.96 Å². The van der Waals surface area contributed by atoms with Crippen molar-refractivity contribution >= 4 is 11.6 Å². The second-order valence-electron chi connectivity index (χ2n) is 5.05. The number of nitrogens with zero attached hydrogens (tertiary/aromatic N) is 1. The maximum absolute atomic E-state index is 5.92. The Labute approximate surface area is 137 Å². The molecule has 0 aliphatic heterocycles. The third-order valence-corrected chi connectivity index (χ3v) is 3.17. The Bertz CT molecular complexity index is 639. The van der Waals surface area contributed by atoms with Crippen molar-refractivity contribution in [2.75, 3.05) is 19.0 Å². The number of aliphatic imine (C=N–C) groups is 1. The summed E-state index contributed by atoms with van der Waals surface area (Å²) in [6.07, 6.45) is 0.987. The Kier molecular flexibility index (Phi) is 6.29. The van der Waals surface area contributed by atoms with E-state index in [1.807, 2.05) is 48.5 Å². The van der Waals surface area contributed by atoms with Crippen molar-refractivity contribution in [3.63, 3.8) is 0 Å². The number of ether oxygens (including phenoxy) is 2. The zero-order chi connectivity index (χ0) is 16.5. The van der Waals surface area contributed by atoms with E-state index in [2.05, 4.69) is 17.2 Å². The van der Waals surface area contributed by atoms with Crippen LogP contribution in [0.3, 0.4) is 0 Å². The summed E-state index contributed by atoms with van der Waals surface area (Å²) in [5.74, 6) is 2.03. The standard InChI is InChI=1S/C18H23N3O2/c1-3-11-23-17-6-4-5-14(12-17)13-20-18(19)21-15-7-9-16(22-2)10-8-15/h4-10,12H,3,11,13H2,1-2H3,(H3,19,20,21). The van der Waals surface area contributed by atoms with Gasteiger partial charge < -0.3 is 20.5 Å². The van der Waals surface area contributed by atoms with E-state index >= 15 is 0 Å². The van der Waals surface area contributed by atoms with Gasteiger partial charge in [0, 0.05) is 5.69 Å². The topological polar surface area (TPSA) is 68.9 Å². The molecule has 0 spiro atoms. The number of nitrogens with two attached hydrogens (primary N) is 1. The number of nitrogens with one attached hydrogen (secondary N) is 1. The van der Waals surface area contributed by atoms with E-state index < -0.39 is 0 Å². The lowest BCUT2D eigenvalue weighted by Gasteiger charge is -2.08. The van der Waals surface area contributed by atoms with Gasteiger partial charge in [0.25, 0.3) is 0 Å². The molecule has 0 saturated heterocycles. The molecule has 122 valence electrons. The zero-order valence-electron chi connectivity index (χ0n) is 13.6. The van der Waals surface area contributed by atoms with E-state index in [1.54, 1.807) is 7.11 Å². The molecule has 0 aliphatic carbocycles. The molecule has 0 amide bonds. The average molecular weight is 313 g/mol. The van der Waals surface area contributed by atoms with Crippen LogP contribution in [0.5, 0.6) is 11.5 Å². The molecular formula is C18H23N3O2. The summed E-state index contributed by atoms with van der Waals surface area (Å²) in [5.41, 5.74) is 7.84. The first-order chi connectivity index (χ1) is 11.2. The van der Waals surface area contributed by atoms with Crippen LogP contribution in [0.25, 0.3) is 0 Å². The van der Waals surface area contributed by atoms with Crippen molar-refractivity contribution in [2.24, 2.45) is 10.7 Å². The van der Waals surface area contributed by atoms with Crippen LogP contribution >= 0.6 is 0 Å². The molecule has 3 N–H and O–H groups in total. The Morgan fingerprint density at radius 3 is 2.61 bits per heavy atom. The lowest BCUT2D eigenvalue weighted by atomic mass is 10.2. The van der Waals surface area contributed by atoms with Crippen LogP contribution in [0.15, 0.2) is 53.5 Å². The molecular weight excluding hydrogens is 290 g/mol. The number of anilines is 1. The Balaban J connectivity index is 1.93. The minimum atomic E-state index is 0.370. The van der Waals surface area contributed by atoms with Crippen molar-refractivity contribution in [3.05, 3.63) is 54.1 Å². The summed E-state index contributed by atoms with van der Waals surface area (Å²) < 4.78 is 10.7. The van der Waals surface area contributed by atoms with Crippen LogP contribution in [0.2, 0.25) is 0 Å². The Morgan fingerprint density at radius 2 is 1.91 bits per heavy atom. The lowest BCUT2D eigenvalue weighted by molar-refractivity contribution is 0.317. The number of guanidine groups is 1. The molecule has 5 nitrogen and oxygen atoms in total. The van der Waals surface area contributed by atoms with Gasteiger partial charge in [-0.15, -0.1) is 0 Å². The summed E-state index contributed by atoms with van der Waals surface area (Å²) in [7, 11) is 1.64. The van der Waals surface area contributed by atoms with Crippen molar-refractivity contribution < 1.29 is 9.47 Å². The van der Waals surface area contributed by atoms with Gasteiger partial charge in [-0.2, -0.15) is 0 Å². The van der Waals surface area contributed by atoms with Crippen molar-refractivity contribution in [1.29, 1.82) is 0 Å². The van der Waals surface area contributed by atoms with Crippen LogP contribution in [0.4, 0.5) is 5.69 Å². The van der Waals surface area contributed by atoms with E-state index in [9.17, 15) is 0 Å². The highest BCUT2D eigenvalue weighted by Gasteiger charge is 1.99. The number of hydrogen-bond acceptors (Lipinski definition) is 3. The van der Waals surface area contributed by atoms with E-state index in [4.69, 9.17) is 15.2 Å². The molecule has 5 heteroatoms. The van der Waals surface area contributed by atoms with E-state index in [-0.39, 0.29) is 0 Å². The van der Waals surface area contributed by atoms with Gasteiger partial charge >= 0.3 is 0 Å². The fraction of sp³-hybridized carbons (Fsp3) is 0.278. The highest BCUT2D eigenvalue weighted by atomic mass is 16.5. The molecule has 0 aliphatic rings. The molecule has 2 aromatic rings. The normalized spacial score (nSPS) is 11.1. The molecule has 0 unspecified atom stereocenters. The zero-order valence-corrected chi connectivity index (χ0v) is 13.6. The summed E-state index contributed by atoms with van der Waals surface area (Å²) in [4.78, 5) is 4.35. The minimum Gasteiger partial charge on any atom is -0.497 e. The highest BCUT2D eigenvalue weighted by molar-refractivity contribution is 5.92. The van der Waals surface area contributed by atoms with E-state index in [1.165, 1.54) is 0 Å². The molecule has 23 heavy (non-hydrogen) atoms. The first-order valence-electron chi connectivity index (χ1n) is 7.64. The third kappa shape index (κ3) is 5.54. The molecule has 2 rings (SSSR count). The Hall–Kier alpha value is -2.69. The van der Waals surface area contributed by atoms with Gasteiger partial charge in [-0.25, -0.2) is 4.99 Å². The summed E-state index contributed by atoms with van der Waals surface area (Å²) in [6, 6.07) is 15.4. The van der Waals surface area contributed by atoms with Crippen LogP contribution in [0, 0.1) is 0 Å². The van der Waals surface area contributed by atoms with Gasteiger partial charge in [0.05, 0.1) is 20.3 Å². The monoisotopic (exact) mass is 313 g/mol. The van der Waals surface area contributed by atoms with Gasteiger partial charge in [0.2, 0.25) is 0 Å². The van der Waals surface area contributed by atoms with Gasteiger partial charge in [-0.1, -0.05) is 19.1 Å². The molecule has 0 atom stereocenters. The first-order valence-corrected chi connectivity index (χ1v) is 7.64. The van der Waals surface area contributed by atoms with Gasteiger partial charge in [-0.3, -0.25) is 0 Å². The maximum atomic E-state index is 5.92. The molecule has 0 saturated carbocycles. The van der Waals surface area contributed by atoms with E-state index in [0.717, 1.165) is 29.2 Å². The molecule has 0 bridgehead atoms. The largest absolute Gasteiger partial charge is 0.497 e. The SMILES string of the molecule is CCCOc1cccc(CN=C(N)Nc2ccc(OC)cc2)c1. The molecule has 0 radical (unpaired) electrons. The van der Waals surface area contributed by atoms with E-state index in [0.29, 0.717) is 19.1 Å².